The van der Waals surface area contributed by atoms with E-state index < -0.39 is 0 Å². The van der Waals surface area contributed by atoms with Crippen LogP contribution in [0.3, 0.4) is 0 Å². The van der Waals surface area contributed by atoms with E-state index in [4.69, 9.17) is 4.74 Å². The summed E-state index contributed by atoms with van der Waals surface area (Å²) in [4.78, 5) is 12.1. The van der Waals surface area contributed by atoms with Crippen LogP contribution < -0.4 is 10.1 Å². The largest absolute Gasteiger partial charge is 0.496 e. The normalized spacial score (nSPS) is 12.2. The van der Waals surface area contributed by atoms with Gasteiger partial charge in [0.1, 0.15) is 5.75 Å². The van der Waals surface area contributed by atoms with Gasteiger partial charge in [-0.2, -0.15) is 0 Å². The average molecular weight is 309 g/mol. The van der Waals surface area contributed by atoms with Gasteiger partial charge in [0.2, 0.25) is 5.91 Å². The Morgan fingerprint density at radius 3 is 2.57 bits per heavy atom. The summed E-state index contributed by atoms with van der Waals surface area (Å²) < 4.78 is 5.38. The summed E-state index contributed by atoms with van der Waals surface area (Å²) in [6, 6.07) is 13.9. The zero-order valence-corrected chi connectivity index (χ0v) is 14.1. The number of hydrogen-bond donors (Lipinski definition) is 1. The number of carbonyl (C=O) groups is 1. The first-order valence-electron chi connectivity index (χ1n) is 7.69. The van der Waals surface area contributed by atoms with Gasteiger partial charge in [0, 0.05) is 11.6 Å². The van der Waals surface area contributed by atoms with Gasteiger partial charge >= 0.3 is 0 Å². The molecule has 2 aromatic carbocycles. The zero-order chi connectivity index (χ0) is 16.8. The number of rotatable bonds is 5. The Balaban J connectivity index is 2.06. The number of carbonyl (C=O) groups excluding carboxylic acids is 1. The van der Waals surface area contributed by atoms with Crippen molar-refractivity contribution < 1.29 is 9.53 Å². The van der Waals surface area contributed by atoms with Crippen LogP contribution in [-0.4, -0.2) is 13.0 Å². The van der Waals surface area contributed by atoms with Gasteiger partial charge in [0.25, 0.3) is 0 Å². The maximum Gasteiger partial charge on any atom is 0.244 e. The summed E-state index contributed by atoms with van der Waals surface area (Å²) in [5.41, 5.74) is 4.30. The molecular weight excluding hydrogens is 286 g/mol. The van der Waals surface area contributed by atoms with Crippen molar-refractivity contribution in [3.05, 3.63) is 70.8 Å². The van der Waals surface area contributed by atoms with Crippen molar-refractivity contribution in [2.75, 3.05) is 7.11 Å². The molecule has 120 valence electrons. The van der Waals surface area contributed by atoms with Crippen LogP contribution in [0.4, 0.5) is 0 Å². The first kappa shape index (κ1) is 16.8. The molecule has 0 heterocycles. The molecule has 2 rings (SSSR count). The molecule has 0 radical (unpaired) electrons. The minimum absolute atomic E-state index is 0.123. The standard InChI is InChI=1S/C20H23NO2/c1-14-6-5-7-17(12-14)9-11-20(22)21-16(3)18-13-15(2)8-10-19(18)23-4/h5-13,16H,1-4H3,(H,21,22)/b11-9+. The van der Waals surface area contributed by atoms with Crippen LogP contribution in [-0.2, 0) is 4.79 Å². The highest BCUT2D eigenvalue weighted by Crippen LogP contribution is 2.26. The topological polar surface area (TPSA) is 38.3 Å². The van der Waals surface area contributed by atoms with E-state index in [0.29, 0.717) is 0 Å². The minimum atomic E-state index is -0.125. The van der Waals surface area contributed by atoms with Gasteiger partial charge in [-0.15, -0.1) is 0 Å². The fraction of sp³-hybridized carbons (Fsp3) is 0.250. The second-order valence-corrected chi connectivity index (χ2v) is 5.72. The van der Waals surface area contributed by atoms with E-state index in [9.17, 15) is 4.79 Å². The van der Waals surface area contributed by atoms with Gasteiger partial charge in [0.15, 0.2) is 0 Å². The third kappa shape index (κ3) is 4.71. The van der Waals surface area contributed by atoms with Crippen LogP contribution in [0.25, 0.3) is 6.08 Å². The van der Waals surface area contributed by atoms with Crippen molar-refractivity contribution in [1.29, 1.82) is 0 Å². The maximum absolute atomic E-state index is 12.1. The second-order valence-electron chi connectivity index (χ2n) is 5.72. The van der Waals surface area contributed by atoms with E-state index in [1.54, 1.807) is 13.2 Å². The van der Waals surface area contributed by atoms with Gasteiger partial charge < -0.3 is 10.1 Å². The lowest BCUT2D eigenvalue weighted by Gasteiger charge is -2.17. The Labute approximate surface area is 138 Å². The minimum Gasteiger partial charge on any atom is -0.496 e. The number of aryl methyl sites for hydroxylation is 2. The lowest BCUT2D eigenvalue weighted by atomic mass is 10.0. The van der Waals surface area contributed by atoms with Gasteiger partial charge in [-0.3, -0.25) is 4.79 Å². The van der Waals surface area contributed by atoms with E-state index in [1.807, 2.05) is 69.3 Å². The molecule has 0 aliphatic rings. The van der Waals surface area contributed by atoms with Gasteiger partial charge in [-0.05, 0) is 38.5 Å². The molecule has 0 fully saturated rings. The second kappa shape index (κ2) is 7.63. The maximum atomic E-state index is 12.1. The van der Waals surface area contributed by atoms with E-state index in [0.717, 1.165) is 22.4 Å². The monoisotopic (exact) mass is 309 g/mol. The molecule has 23 heavy (non-hydrogen) atoms. The highest BCUT2D eigenvalue weighted by atomic mass is 16.5. The molecule has 1 N–H and O–H groups in total. The molecule has 1 atom stereocenters. The van der Waals surface area contributed by atoms with Crippen LogP contribution >= 0.6 is 0 Å². The first-order valence-corrected chi connectivity index (χ1v) is 7.69. The predicted molar refractivity (Wildman–Crippen MR) is 94.5 cm³/mol. The highest BCUT2D eigenvalue weighted by Gasteiger charge is 2.13. The van der Waals surface area contributed by atoms with E-state index >= 15 is 0 Å². The Morgan fingerprint density at radius 2 is 1.87 bits per heavy atom. The van der Waals surface area contributed by atoms with Crippen LogP contribution in [0.15, 0.2) is 48.5 Å². The van der Waals surface area contributed by atoms with Crippen molar-refractivity contribution in [2.45, 2.75) is 26.8 Å². The number of nitrogens with one attached hydrogen (secondary N) is 1. The van der Waals surface area contributed by atoms with Gasteiger partial charge in [0.05, 0.1) is 13.2 Å². The third-order valence-electron chi connectivity index (χ3n) is 3.68. The molecule has 1 amide bonds. The Morgan fingerprint density at radius 1 is 1.13 bits per heavy atom. The molecule has 0 saturated carbocycles. The highest BCUT2D eigenvalue weighted by molar-refractivity contribution is 5.92. The Hall–Kier alpha value is -2.55. The van der Waals surface area contributed by atoms with E-state index in [1.165, 1.54) is 5.56 Å². The molecular formula is C20H23NO2. The third-order valence-corrected chi connectivity index (χ3v) is 3.68. The van der Waals surface area contributed by atoms with Crippen molar-refractivity contribution >= 4 is 12.0 Å². The molecule has 3 heteroatoms. The summed E-state index contributed by atoms with van der Waals surface area (Å²) in [5, 5.41) is 2.98. The Kier molecular flexibility index (Phi) is 5.58. The molecule has 0 spiro atoms. The molecule has 2 aromatic rings. The molecule has 0 saturated heterocycles. The van der Waals surface area contributed by atoms with Crippen molar-refractivity contribution in [1.82, 2.24) is 5.32 Å². The lowest BCUT2D eigenvalue weighted by Crippen LogP contribution is -2.25. The molecule has 0 aromatic heterocycles. The summed E-state index contributed by atoms with van der Waals surface area (Å²) in [6.07, 6.45) is 3.38. The fourth-order valence-electron chi connectivity index (χ4n) is 2.48. The number of ether oxygens (including phenoxy) is 1. The number of benzene rings is 2. The smallest absolute Gasteiger partial charge is 0.244 e. The number of methoxy groups -OCH3 is 1. The summed E-state index contributed by atoms with van der Waals surface area (Å²) >= 11 is 0. The first-order chi connectivity index (χ1) is 11.0. The Bertz CT molecular complexity index is 719. The summed E-state index contributed by atoms with van der Waals surface area (Å²) in [6.45, 7) is 6.01. The quantitative estimate of drug-likeness (QED) is 0.841. The van der Waals surface area contributed by atoms with Crippen LogP contribution in [0.5, 0.6) is 5.75 Å². The molecule has 0 bridgehead atoms. The summed E-state index contributed by atoms with van der Waals surface area (Å²) in [5.74, 6) is 0.661. The molecule has 3 nitrogen and oxygen atoms in total. The van der Waals surface area contributed by atoms with Crippen LogP contribution in [0.1, 0.15) is 35.2 Å². The predicted octanol–water partition coefficient (Wildman–Crippen LogP) is 4.20. The van der Waals surface area contributed by atoms with Crippen LogP contribution in [0.2, 0.25) is 0 Å². The van der Waals surface area contributed by atoms with Gasteiger partial charge in [-0.1, -0.05) is 47.5 Å². The molecule has 0 aliphatic carbocycles. The van der Waals surface area contributed by atoms with Crippen molar-refractivity contribution in [3.63, 3.8) is 0 Å². The molecule has 0 aliphatic heterocycles. The lowest BCUT2D eigenvalue weighted by molar-refractivity contribution is -0.117. The van der Waals surface area contributed by atoms with Crippen molar-refractivity contribution in [2.24, 2.45) is 0 Å². The average Bonchev–Trinajstić information content (AvgIpc) is 2.53. The number of hydrogen-bond acceptors (Lipinski definition) is 2. The number of amides is 1. The van der Waals surface area contributed by atoms with Gasteiger partial charge in [-0.25, -0.2) is 0 Å². The van der Waals surface area contributed by atoms with E-state index in [2.05, 4.69) is 5.32 Å². The fourth-order valence-corrected chi connectivity index (χ4v) is 2.48. The summed E-state index contributed by atoms with van der Waals surface area (Å²) in [7, 11) is 1.64. The molecule has 1 unspecified atom stereocenters. The SMILES string of the molecule is COc1ccc(C)cc1C(C)NC(=O)/C=C/c1cccc(C)c1. The van der Waals surface area contributed by atoms with Crippen LogP contribution in [0, 0.1) is 13.8 Å². The zero-order valence-electron chi connectivity index (χ0n) is 14.1. The van der Waals surface area contributed by atoms with E-state index in [-0.39, 0.29) is 11.9 Å². The van der Waals surface area contributed by atoms with Crippen molar-refractivity contribution in [3.8, 4) is 5.75 Å².